The van der Waals surface area contributed by atoms with Crippen LogP contribution in [0.5, 0.6) is 17.4 Å². The summed E-state index contributed by atoms with van der Waals surface area (Å²) in [6, 6.07) is 8.15. The highest BCUT2D eigenvalue weighted by Gasteiger charge is 2.13. The summed E-state index contributed by atoms with van der Waals surface area (Å²) < 4.78 is 11.5. The Hall–Kier alpha value is -3.26. The van der Waals surface area contributed by atoms with Gasteiger partial charge in [0.25, 0.3) is 5.91 Å². The Morgan fingerprint density at radius 2 is 1.86 bits per heavy atom. The van der Waals surface area contributed by atoms with E-state index in [1.54, 1.807) is 41.9 Å². The second kappa shape index (κ2) is 8.62. The molecule has 0 bridgehead atoms. The summed E-state index contributed by atoms with van der Waals surface area (Å²) in [6.07, 6.45) is 2.99. The Kier molecular flexibility index (Phi) is 6.00. The number of pyridine rings is 1. The number of ether oxygens (including phenoxy) is 2. The third kappa shape index (κ3) is 5.14. The van der Waals surface area contributed by atoms with Gasteiger partial charge in [0.15, 0.2) is 10.9 Å². The molecule has 2 heterocycles. The molecule has 0 spiro atoms. The maximum absolute atomic E-state index is 12.6. The molecule has 144 valence electrons. The van der Waals surface area contributed by atoms with Gasteiger partial charge in [-0.15, -0.1) is 11.3 Å². The number of anilines is 1. The number of nitrogens with one attached hydrogen (secondary N) is 1. The lowest BCUT2D eigenvalue weighted by Gasteiger charge is -2.13. The maximum Gasteiger partial charge on any atom is 0.257 e. The van der Waals surface area contributed by atoms with Crippen LogP contribution in [0, 0.1) is 0 Å². The maximum atomic E-state index is 12.6. The van der Waals surface area contributed by atoms with Gasteiger partial charge in [-0.3, -0.25) is 14.9 Å². The van der Waals surface area contributed by atoms with Crippen LogP contribution < -0.4 is 14.8 Å². The first-order valence-electron chi connectivity index (χ1n) is 8.58. The van der Waals surface area contributed by atoms with Crippen molar-refractivity contribution in [2.75, 3.05) is 5.32 Å². The highest BCUT2D eigenvalue weighted by Crippen LogP contribution is 2.28. The van der Waals surface area contributed by atoms with Crippen LogP contribution in [0.3, 0.4) is 0 Å². The van der Waals surface area contributed by atoms with E-state index in [0.717, 1.165) is 0 Å². The van der Waals surface area contributed by atoms with Crippen molar-refractivity contribution in [1.82, 2.24) is 9.97 Å². The standard InChI is InChI=1S/C20H19N3O4S/c1-12(2)26-16-8-15(19(25)23-20-21-6-7-28-20)9-17(10-16)27-18-5-4-14(11-22-18)13(3)24/h4-12H,1-3H3,(H,21,23,25). The van der Waals surface area contributed by atoms with Crippen LogP contribution in [-0.2, 0) is 0 Å². The molecule has 0 fully saturated rings. The molecule has 1 amide bonds. The van der Waals surface area contributed by atoms with Crippen molar-refractivity contribution in [2.45, 2.75) is 26.9 Å². The number of hydrogen-bond acceptors (Lipinski definition) is 7. The Labute approximate surface area is 166 Å². The van der Waals surface area contributed by atoms with Gasteiger partial charge in [-0.25, -0.2) is 9.97 Å². The molecule has 8 heteroatoms. The molecule has 0 aliphatic rings. The van der Waals surface area contributed by atoms with Crippen molar-refractivity contribution >= 4 is 28.2 Å². The van der Waals surface area contributed by atoms with Crippen LogP contribution in [-0.4, -0.2) is 27.8 Å². The normalized spacial score (nSPS) is 10.6. The first kappa shape index (κ1) is 19.5. The molecule has 1 aromatic carbocycles. The number of hydrogen-bond donors (Lipinski definition) is 1. The summed E-state index contributed by atoms with van der Waals surface area (Å²) >= 11 is 1.33. The first-order valence-corrected chi connectivity index (χ1v) is 9.46. The number of ketones is 1. The third-order valence-corrected chi connectivity index (χ3v) is 4.22. The smallest absolute Gasteiger partial charge is 0.257 e. The number of rotatable bonds is 7. The van der Waals surface area contributed by atoms with E-state index < -0.39 is 0 Å². The lowest BCUT2D eigenvalue weighted by molar-refractivity contribution is 0.101. The van der Waals surface area contributed by atoms with Gasteiger partial charge in [-0.05, 0) is 39.0 Å². The van der Waals surface area contributed by atoms with Crippen molar-refractivity contribution in [1.29, 1.82) is 0 Å². The molecule has 0 saturated carbocycles. The zero-order chi connectivity index (χ0) is 20.1. The van der Waals surface area contributed by atoms with Crippen LogP contribution in [0.4, 0.5) is 5.13 Å². The van der Waals surface area contributed by atoms with Crippen LogP contribution in [0.15, 0.2) is 48.1 Å². The second-order valence-corrected chi connectivity index (χ2v) is 7.09. The summed E-state index contributed by atoms with van der Waals surface area (Å²) in [7, 11) is 0. The minimum absolute atomic E-state index is 0.0712. The predicted octanol–water partition coefficient (Wildman–Crippen LogP) is 4.57. The summed E-state index contributed by atoms with van der Waals surface area (Å²) in [4.78, 5) is 32.1. The van der Waals surface area contributed by atoms with Gasteiger partial charge < -0.3 is 9.47 Å². The van der Waals surface area contributed by atoms with E-state index in [1.807, 2.05) is 13.8 Å². The number of Topliss-reactive ketones (excluding diaryl/α,β-unsaturated/α-hetero) is 1. The molecule has 0 saturated heterocycles. The Morgan fingerprint density at radius 1 is 1.07 bits per heavy atom. The van der Waals surface area contributed by atoms with Crippen molar-refractivity contribution in [2.24, 2.45) is 0 Å². The number of aromatic nitrogens is 2. The molecule has 2 aromatic heterocycles. The zero-order valence-electron chi connectivity index (χ0n) is 15.6. The molecule has 0 unspecified atom stereocenters. The number of carbonyl (C=O) groups is 2. The summed E-state index contributed by atoms with van der Waals surface area (Å²) in [5.41, 5.74) is 0.858. The average molecular weight is 397 g/mol. The molecule has 28 heavy (non-hydrogen) atoms. The van der Waals surface area contributed by atoms with Gasteiger partial charge >= 0.3 is 0 Å². The van der Waals surface area contributed by atoms with Crippen molar-refractivity contribution in [3.05, 3.63) is 59.2 Å². The SMILES string of the molecule is CC(=O)c1ccc(Oc2cc(OC(C)C)cc(C(=O)Nc3nccs3)c2)nc1. The van der Waals surface area contributed by atoms with Gasteiger partial charge in [0.05, 0.1) is 6.10 Å². The van der Waals surface area contributed by atoms with E-state index in [-0.39, 0.29) is 17.8 Å². The second-order valence-electron chi connectivity index (χ2n) is 6.19. The molecule has 1 N–H and O–H groups in total. The van der Waals surface area contributed by atoms with E-state index >= 15 is 0 Å². The van der Waals surface area contributed by atoms with Crippen molar-refractivity contribution in [3.63, 3.8) is 0 Å². The minimum Gasteiger partial charge on any atom is -0.491 e. The largest absolute Gasteiger partial charge is 0.491 e. The predicted molar refractivity (Wildman–Crippen MR) is 107 cm³/mol. The Balaban J connectivity index is 1.86. The van der Waals surface area contributed by atoms with Gasteiger partial charge in [0.1, 0.15) is 11.5 Å². The van der Waals surface area contributed by atoms with Gasteiger partial charge in [0, 0.05) is 41.0 Å². The van der Waals surface area contributed by atoms with Gasteiger partial charge in [-0.1, -0.05) is 0 Å². The molecular formula is C20H19N3O4S. The number of carbonyl (C=O) groups excluding carboxylic acids is 2. The zero-order valence-corrected chi connectivity index (χ0v) is 16.4. The fourth-order valence-electron chi connectivity index (χ4n) is 2.33. The minimum atomic E-state index is -0.325. The van der Waals surface area contributed by atoms with Crippen LogP contribution in [0.25, 0.3) is 0 Å². The average Bonchev–Trinajstić information content (AvgIpc) is 3.14. The molecule has 3 aromatic rings. The Morgan fingerprint density at radius 3 is 2.46 bits per heavy atom. The number of thiazole rings is 1. The molecule has 7 nitrogen and oxygen atoms in total. The molecule has 0 radical (unpaired) electrons. The summed E-state index contributed by atoms with van der Waals surface area (Å²) in [6.45, 7) is 5.26. The fourth-order valence-corrected chi connectivity index (χ4v) is 2.85. The van der Waals surface area contributed by atoms with Crippen LogP contribution in [0.2, 0.25) is 0 Å². The number of benzene rings is 1. The monoisotopic (exact) mass is 397 g/mol. The van der Waals surface area contributed by atoms with Gasteiger partial charge in [0.2, 0.25) is 5.88 Å². The Bertz CT molecular complexity index is 970. The first-order chi connectivity index (χ1) is 13.4. The van der Waals surface area contributed by atoms with Crippen LogP contribution >= 0.6 is 11.3 Å². The number of nitrogens with zero attached hydrogens (tertiary/aromatic N) is 2. The van der Waals surface area contributed by atoms with Gasteiger partial charge in [-0.2, -0.15) is 0 Å². The van der Waals surface area contributed by atoms with Crippen molar-refractivity contribution in [3.8, 4) is 17.4 Å². The van der Waals surface area contributed by atoms with Crippen molar-refractivity contribution < 1.29 is 19.1 Å². The lowest BCUT2D eigenvalue weighted by atomic mass is 10.2. The van der Waals surface area contributed by atoms with E-state index in [2.05, 4.69) is 15.3 Å². The molecule has 3 rings (SSSR count). The topological polar surface area (TPSA) is 90.4 Å². The molecular weight excluding hydrogens is 378 g/mol. The third-order valence-electron chi connectivity index (χ3n) is 3.53. The molecule has 0 aliphatic carbocycles. The highest BCUT2D eigenvalue weighted by molar-refractivity contribution is 7.13. The highest BCUT2D eigenvalue weighted by atomic mass is 32.1. The van der Waals surface area contributed by atoms with E-state index in [1.165, 1.54) is 24.5 Å². The van der Waals surface area contributed by atoms with Crippen LogP contribution in [0.1, 0.15) is 41.5 Å². The molecule has 0 aliphatic heterocycles. The van der Waals surface area contributed by atoms with E-state index in [0.29, 0.717) is 33.6 Å². The quantitative estimate of drug-likeness (QED) is 0.587. The summed E-state index contributed by atoms with van der Waals surface area (Å²) in [5, 5.41) is 5.01. The fraction of sp³-hybridized carbons (Fsp3) is 0.200. The van der Waals surface area contributed by atoms with E-state index in [4.69, 9.17) is 9.47 Å². The lowest BCUT2D eigenvalue weighted by Crippen LogP contribution is -2.13. The van der Waals surface area contributed by atoms with E-state index in [9.17, 15) is 9.59 Å². The molecule has 0 atom stereocenters. The summed E-state index contributed by atoms with van der Waals surface area (Å²) in [5.74, 6) is 0.794. The number of amides is 1.